The summed E-state index contributed by atoms with van der Waals surface area (Å²) in [6, 6.07) is 5.92. The second kappa shape index (κ2) is 5.20. The number of H-pyrrole nitrogens is 1. The highest BCUT2D eigenvalue weighted by molar-refractivity contribution is 7.13. The van der Waals surface area contributed by atoms with Crippen molar-refractivity contribution >= 4 is 22.5 Å². The van der Waals surface area contributed by atoms with Gasteiger partial charge in [0.1, 0.15) is 11.5 Å². The first-order valence-electron chi connectivity index (χ1n) is 7.16. The van der Waals surface area contributed by atoms with Gasteiger partial charge >= 0.3 is 5.69 Å². The van der Waals surface area contributed by atoms with Crippen molar-refractivity contribution in [2.75, 3.05) is 0 Å². The van der Waals surface area contributed by atoms with E-state index in [-0.39, 0.29) is 5.69 Å². The second-order valence-electron chi connectivity index (χ2n) is 5.53. The number of hydrogen-bond acceptors (Lipinski definition) is 5. The molecular weight excluding hydrogens is 312 g/mol. The Morgan fingerprint density at radius 1 is 1.30 bits per heavy atom. The van der Waals surface area contributed by atoms with E-state index in [2.05, 4.69) is 33.5 Å². The van der Waals surface area contributed by atoms with Crippen molar-refractivity contribution in [1.29, 1.82) is 0 Å². The van der Waals surface area contributed by atoms with E-state index in [1.807, 2.05) is 19.1 Å². The number of rotatable bonds is 3. The van der Waals surface area contributed by atoms with Crippen LogP contribution < -0.4 is 5.69 Å². The third-order valence-corrected chi connectivity index (χ3v) is 4.74. The van der Waals surface area contributed by atoms with Crippen molar-refractivity contribution in [2.45, 2.75) is 20.4 Å². The van der Waals surface area contributed by atoms with Crippen molar-refractivity contribution < 1.29 is 4.52 Å². The molecule has 0 aromatic carbocycles. The summed E-state index contributed by atoms with van der Waals surface area (Å²) in [5.41, 5.74) is 4.07. The molecule has 0 aliphatic carbocycles. The van der Waals surface area contributed by atoms with Gasteiger partial charge in [-0.2, -0.15) is 0 Å². The zero-order valence-corrected chi connectivity index (χ0v) is 13.5. The number of nitrogens with zero attached hydrogens (tertiary/aromatic N) is 3. The smallest absolute Gasteiger partial charge is 0.328 e. The lowest BCUT2D eigenvalue weighted by Crippen LogP contribution is -2.17. The molecule has 0 radical (unpaired) electrons. The minimum atomic E-state index is -0.201. The normalized spacial score (nSPS) is 11.4. The lowest BCUT2D eigenvalue weighted by Gasteiger charge is -2.02. The van der Waals surface area contributed by atoms with E-state index in [0.29, 0.717) is 17.9 Å². The number of aryl methyl sites for hydroxylation is 2. The van der Waals surface area contributed by atoms with Crippen molar-refractivity contribution in [3.8, 4) is 10.4 Å². The number of imidazole rings is 1. The molecule has 0 amide bonds. The third kappa shape index (κ3) is 2.49. The first-order valence-corrected chi connectivity index (χ1v) is 8.04. The number of aromatic amines is 1. The molecule has 0 aliphatic rings. The van der Waals surface area contributed by atoms with E-state index < -0.39 is 0 Å². The fourth-order valence-corrected chi connectivity index (χ4v) is 3.44. The van der Waals surface area contributed by atoms with Crippen LogP contribution in [0.5, 0.6) is 0 Å². The summed E-state index contributed by atoms with van der Waals surface area (Å²) < 4.78 is 6.70. The summed E-state index contributed by atoms with van der Waals surface area (Å²) in [4.78, 5) is 20.5. The summed E-state index contributed by atoms with van der Waals surface area (Å²) in [6.45, 7) is 4.24. The van der Waals surface area contributed by atoms with Gasteiger partial charge in [0.05, 0.1) is 12.1 Å². The second-order valence-corrected chi connectivity index (χ2v) is 6.44. The Hall–Kier alpha value is -2.67. The van der Waals surface area contributed by atoms with Gasteiger partial charge in [-0.1, -0.05) is 5.16 Å². The van der Waals surface area contributed by atoms with Gasteiger partial charge in [0, 0.05) is 22.7 Å². The fraction of sp³-hybridized carbons (Fsp3) is 0.188. The molecule has 4 heterocycles. The lowest BCUT2D eigenvalue weighted by molar-refractivity contribution is 0.389. The van der Waals surface area contributed by atoms with E-state index in [0.717, 1.165) is 21.7 Å². The molecule has 6 nitrogen and oxygen atoms in total. The highest BCUT2D eigenvalue weighted by Gasteiger charge is 2.12. The van der Waals surface area contributed by atoms with Gasteiger partial charge in [-0.05, 0) is 36.9 Å². The van der Waals surface area contributed by atoms with Gasteiger partial charge in [0.15, 0.2) is 5.65 Å². The number of aromatic nitrogens is 4. The predicted molar refractivity (Wildman–Crippen MR) is 88.7 cm³/mol. The zero-order chi connectivity index (χ0) is 16.0. The number of nitrogens with one attached hydrogen (secondary N) is 1. The SMILES string of the molecule is Cc1csc(-c2cnc3[nH]c(=O)n(Cc4cc(C)on4)c3c2)c1. The van der Waals surface area contributed by atoms with Gasteiger partial charge < -0.3 is 4.52 Å². The number of fused-ring (bicyclic) bond motifs is 1. The van der Waals surface area contributed by atoms with E-state index in [1.165, 1.54) is 5.56 Å². The van der Waals surface area contributed by atoms with Crippen LogP contribution in [0.15, 0.2) is 39.1 Å². The summed E-state index contributed by atoms with van der Waals surface area (Å²) >= 11 is 1.67. The van der Waals surface area contributed by atoms with Crippen LogP contribution in [0.25, 0.3) is 21.6 Å². The summed E-state index contributed by atoms with van der Waals surface area (Å²) in [7, 11) is 0. The summed E-state index contributed by atoms with van der Waals surface area (Å²) in [6.07, 6.45) is 1.79. The molecule has 0 aliphatic heterocycles. The van der Waals surface area contributed by atoms with Crippen LogP contribution in [0, 0.1) is 13.8 Å². The van der Waals surface area contributed by atoms with E-state index in [9.17, 15) is 4.79 Å². The first kappa shape index (κ1) is 14.0. The summed E-state index contributed by atoms with van der Waals surface area (Å²) in [5, 5.41) is 6.05. The van der Waals surface area contributed by atoms with Crippen LogP contribution in [0.4, 0.5) is 0 Å². The van der Waals surface area contributed by atoms with E-state index in [1.54, 1.807) is 22.1 Å². The number of pyridine rings is 1. The molecule has 0 saturated carbocycles. The Bertz CT molecular complexity index is 1050. The summed E-state index contributed by atoms with van der Waals surface area (Å²) in [5.74, 6) is 0.723. The average molecular weight is 326 g/mol. The maximum Gasteiger partial charge on any atom is 0.328 e. The Labute approximate surface area is 135 Å². The van der Waals surface area contributed by atoms with Crippen molar-refractivity contribution in [3.05, 3.63) is 57.3 Å². The molecule has 0 atom stereocenters. The average Bonchev–Trinajstić information content (AvgIpc) is 3.20. The topological polar surface area (TPSA) is 76.7 Å². The van der Waals surface area contributed by atoms with Gasteiger partial charge in [0.25, 0.3) is 0 Å². The number of hydrogen-bond donors (Lipinski definition) is 1. The molecule has 0 spiro atoms. The molecule has 4 aromatic heterocycles. The van der Waals surface area contributed by atoms with Crippen molar-refractivity contribution in [2.24, 2.45) is 0 Å². The minimum Gasteiger partial charge on any atom is -0.361 e. The van der Waals surface area contributed by atoms with Crippen molar-refractivity contribution in [3.63, 3.8) is 0 Å². The van der Waals surface area contributed by atoms with E-state index in [4.69, 9.17) is 4.52 Å². The highest BCUT2D eigenvalue weighted by atomic mass is 32.1. The largest absolute Gasteiger partial charge is 0.361 e. The van der Waals surface area contributed by atoms with Gasteiger partial charge in [-0.3, -0.25) is 9.55 Å². The van der Waals surface area contributed by atoms with Crippen molar-refractivity contribution in [1.82, 2.24) is 19.7 Å². The lowest BCUT2D eigenvalue weighted by atomic mass is 10.2. The highest BCUT2D eigenvalue weighted by Crippen LogP contribution is 2.28. The molecule has 0 bridgehead atoms. The molecular formula is C16H14N4O2S. The van der Waals surface area contributed by atoms with Crippen LogP contribution in [-0.4, -0.2) is 19.7 Å². The Morgan fingerprint density at radius 2 is 2.17 bits per heavy atom. The molecule has 7 heteroatoms. The van der Waals surface area contributed by atoms with Gasteiger partial charge in [-0.15, -0.1) is 11.3 Å². The Morgan fingerprint density at radius 3 is 2.87 bits per heavy atom. The maximum atomic E-state index is 12.2. The van der Waals surface area contributed by atoms with Crippen LogP contribution in [0.1, 0.15) is 17.0 Å². The Balaban J connectivity index is 1.83. The fourth-order valence-electron chi connectivity index (χ4n) is 2.56. The molecule has 0 unspecified atom stereocenters. The molecule has 23 heavy (non-hydrogen) atoms. The number of thiophene rings is 1. The quantitative estimate of drug-likeness (QED) is 0.627. The maximum absolute atomic E-state index is 12.2. The minimum absolute atomic E-state index is 0.201. The molecule has 4 aromatic rings. The molecule has 116 valence electrons. The van der Waals surface area contributed by atoms with Crippen LogP contribution in [0.3, 0.4) is 0 Å². The molecule has 0 saturated heterocycles. The molecule has 1 N–H and O–H groups in total. The van der Waals surface area contributed by atoms with Crippen LogP contribution in [-0.2, 0) is 6.54 Å². The standard InChI is InChI=1S/C16H14N4O2S/c1-9-3-14(23-8-9)11-5-13-15(17-6-11)18-16(21)20(13)7-12-4-10(2)22-19-12/h3-6,8H,7H2,1-2H3,(H,17,18,21). The zero-order valence-electron chi connectivity index (χ0n) is 12.7. The van der Waals surface area contributed by atoms with Crippen LogP contribution in [0.2, 0.25) is 0 Å². The van der Waals surface area contributed by atoms with E-state index >= 15 is 0 Å². The monoisotopic (exact) mass is 326 g/mol. The van der Waals surface area contributed by atoms with Crippen LogP contribution >= 0.6 is 11.3 Å². The molecule has 0 fully saturated rings. The van der Waals surface area contributed by atoms with Gasteiger partial charge in [-0.25, -0.2) is 9.78 Å². The first-order chi connectivity index (χ1) is 11.1. The Kier molecular flexibility index (Phi) is 3.16. The van der Waals surface area contributed by atoms with Gasteiger partial charge in [0.2, 0.25) is 0 Å². The molecule has 4 rings (SSSR count). The third-order valence-electron chi connectivity index (χ3n) is 3.64. The predicted octanol–water partition coefficient (Wildman–Crippen LogP) is 3.11.